The van der Waals surface area contributed by atoms with Crippen molar-refractivity contribution in [1.82, 2.24) is 15.3 Å². The fourth-order valence-corrected chi connectivity index (χ4v) is 3.80. The molecule has 2 fully saturated rings. The molecule has 0 atom stereocenters. The molecule has 0 amide bonds. The number of hydrogen-bond acceptors (Lipinski definition) is 3. The molecule has 2 aromatic heterocycles. The minimum Gasteiger partial charge on any atom is -0.317 e. The van der Waals surface area contributed by atoms with E-state index in [9.17, 15) is 0 Å². The van der Waals surface area contributed by atoms with Gasteiger partial charge < -0.3 is 5.32 Å². The molecule has 1 aliphatic heterocycles. The highest BCUT2D eigenvalue weighted by molar-refractivity contribution is 6.29. The molecule has 4 heteroatoms. The molecule has 0 unspecified atom stereocenters. The second kappa shape index (κ2) is 4.68. The van der Waals surface area contributed by atoms with Crippen molar-refractivity contribution in [2.24, 2.45) is 5.92 Å². The number of aromatic nitrogens is 2. The van der Waals surface area contributed by atoms with E-state index >= 15 is 0 Å². The summed E-state index contributed by atoms with van der Waals surface area (Å²) in [6.07, 6.45) is 6.93. The smallest absolute Gasteiger partial charge is 0.131 e. The van der Waals surface area contributed by atoms with Gasteiger partial charge in [-0.05, 0) is 56.8 Å². The lowest BCUT2D eigenvalue weighted by atomic mass is 9.79. The summed E-state index contributed by atoms with van der Waals surface area (Å²) in [6, 6.07) is 6.22. The number of pyridine rings is 2. The molecule has 0 bridgehead atoms. The summed E-state index contributed by atoms with van der Waals surface area (Å²) in [4.78, 5) is 9.02. The highest BCUT2D eigenvalue weighted by Gasteiger charge is 2.51. The van der Waals surface area contributed by atoms with Crippen LogP contribution in [0.4, 0.5) is 0 Å². The van der Waals surface area contributed by atoms with Crippen molar-refractivity contribution in [3.05, 3.63) is 35.2 Å². The topological polar surface area (TPSA) is 37.8 Å². The van der Waals surface area contributed by atoms with Crippen molar-refractivity contribution in [3.8, 4) is 0 Å². The van der Waals surface area contributed by atoms with E-state index in [4.69, 9.17) is 16.6 Å². The molecule has 0 radical (unpaired) electrons. The Balaban J connectivity index is 1.74. The maximum Gasteiger partial charge on any atom is 0.131 e. The third kappa shape index (κ3) is 2.00. The first kappa shape index (κ1) is 12.5. The van der Waals surface area contributed by atoms with Gasteiger partial charge in [0.15, 0.2) is 0 Å². The van der Waals surface area contributed by atoms with Crippen LogP contribution in [-0.2, 0) is 5.41 Å². The predicted molar refractivity (Wildman–Crippen MR) is 81.1 cm³/mol. The van der Waals surface area contributed by atoms with E-state index in [1.807, 2.05) is 6.07 Å². The van der Waals surface area contributed by atoms with Gasteiger partial charge in [-0.25, -0.2) is 4.98 Å². The Labute approximate surface area is 123 Å². The van der Waals surface area contributed by atoms with Crippen molar-refractivity contribution in [1.29, 1.82) is 0 Å². The second-order valence-electron chi connectivity index (χ2n) is 6.08. The monoisotopic (exact) mass is 287 g/mol. The van der Waals surface area contributed by atoms with Gasteiger partial charge in [-0.3, -0.25) is 4.98 Å². The van der Waals surface area contributed by atoms with E-state index in [2.05, 4.69) is 22.4 Å². The van der Waals surface area contributed by atoms with Crippen LogP contribution in [0.3, 0.4) is 0 Å². The molecule has 0 aromatic carbocycles. The molecule has 3 heterocycles. The van der Waals surface area contributed by atoms with Crippen LogP contribution in [-0.4, -0.2) is 23.1 Å². The van der Waals surface area contributed by atoms with E-state index < -0.39 is 0 Å². The molecule has 0 spiro atoms. The van der Waals surface area contributed by atoms with Crippen LogP contribution >= 0.6 is 11.6 Å². The fraction of sp³-hybridized carbons (Fsp3) is 0.500. The molecule has 104 valence electrons. The van der Waals surface area contributed by atoms with Gasteiger partial charge in [0.05, 0.1) is 5.52 Å². The summed E-state index contributed by atoms with van der Waals surface area (Å²) in [5.41, 5.74) is 2.58. The van der Waals surface area contributed by atoms with Gasteiger partial charge in [0.2, 0.25) is 0 Å². The first-order valence-corrected chi connectivity index (χ1v) is 7.79. The first-order chi connectivity index (χ1) is 9.78. The van der Waals surface area contributed by atoms with Crippen LogP contribution in [0, 0.1) is 5.92 Å². The standard InChI is InChI=1S/C16H18ClN3/c17-15-9-13-11(10-19-15)1-2-14(20-13)16(5-6-16)12-3-7-18-8-4-12/h1-2,9-10,12,18H,3-8H2. The molecular formula is C16H18ClN3. The number of hydrogen-bond donors (Lipinski definition) is 1. The number of rotatable bonds is 2. The molecule has 4 rings (SSSR count). The highest BCUT2D eigenvalue weighted by Crippen LogP contribution is 2.55. The third-order valence-corrected chi connectivity index (χ3v) is 5.17. The van der Waals surface area contributed by atoms with Crippen LogP contribution in [0.5, 0.6) is 0 Å². The lowest BCUT2D eigenvalue weighted by Crippen LogP contribution is -2.34. The van der Waals surface area contributed by atoms with Crippen molar-refractivity contribution < 1.29 is 0 Å². The summed E-state index contributed by atoms with van der Waals surface area (Å²) in [5.74, 6) is 0.783. The number of fused-ring (bicyclic) bond motifs is 1. The van der Waals surface area contributed by atoms with Crippen molar-refractivity contribution in [2.75, 3.05) is 13.1 Å². The minimum atomic E-state index is 0.339. The average Bonchev–Trinajstić information content (AvgIpc) is 3.29. The molecular weight excluding hydrogens is 270 g/mol. The van der Waals surface area contributed by atoms with Crippen LogP contribution < -0.4 is 5.32 Å². The van der Waals surface area contributed by atoms with Gasteiger partial charge in [-0.1, -0.05) is 11.6 Å². The van der Waals surface area contributed by atoms with Gasteiger partial charge in [-0.2, -0.15) is 0 Å². The number of nitrogens with one attached hydrogen (secondary N) is 1. The normalized spacial score (nSPS) is 22.1. The van der Waals surface area contributed by atoms with Crippen molar-refractivity contribution >= 4 is 22.5 Å². The SMILES string of the molecule is Clc1cc2nc(C3(C4CCNCC4)CC3)ccc2cn1. The number of piperidine rings is 1. The van der Waals surface area contributed by atoms with Crippen LogP contribution in [0.15, 0.2) is 24.4 Å². The van der Waals surface area contributed by atoms with Crippen molar-refractivity contribution in [3.63, 3.8) is 0 Å². The van der Waals surface area contributed by atoms with E-state index in [-0.39, 0.29) is 0 Å². The first-order valence-electron chi connectivity index (χ1n) is 7.41. The number of halogens is 1. The molecule has 1 N–H and O–H groups in total. The van der Waals surface area contributed by atoms with Crippen LogP contribution in [0.2, 0.25) is 5.15 Å². The molecule has 1 saturated heterocycles. The van der Waals surface area contributed by atoms with E-state index in [0.717, 1.165) is 29.9 Å². The van der Waals surface area contributed by atoms with E-state index in [1.165, 1.54) is 31.4 Å². The lowest BCUT2D eigenvalue weighted by molar-refractivity contribution is 0.299. The van der Waals surface area contributed by atoms with Gasteiger partial charge in [0, 0.05) is 28.8 Å². The second-order valence-corrected chi connectivity index (χ2v) is 6.46. The van der Waals surface area contributed by atoms with E-state index in [0.29, 0.717) is 10.6 Å². The molecule has 1 saturated carbocycles. The zero-order valence-corrected chi connectivity index (χ0v) is 12.2. The largest absolute Gasteiger partial charge is 0.317 e. The highest BCUT2D eigenvalue weighted by atomic mass is 35.5. The van der Waals surface area contributed by atoms with Gasteiger partial charge >= 0.3 is 0 Å². The maximum atomic E-state index is 5.99. The Morgan fingerprint density at radius 2 is 2.00 bits per heavy atom. The fourth-order valence-electron chi connectivity index (χ4n) is 3.65. The van der Waals surface area contributed by atoms with Crippen LogP contribution in [0.25, 0.3) is 10.9 Å². The van der Waals surface area contributed by atoms with Gasteiger partial charge in [0.1, 0.15) is 5.15 Å². The van der Waals surface area contributed by atoms with Gasteiger partial charge in [-0.15, -0.1) is 0 Å². The number of nitrogens with zero attached hydrogens (tertiary/aromatic N) is 2. The summed E-state index contributed by atoms with van der Waals surface area (Å²) < 4.78 is 0. The van der Waals surface area contributed by atoms with Gasteiger partial charge in [0.25, 0.3) is 0 Å². The Morgan fingerprint density at radius 1 is 1.20 bits per heavy atom. The quantitative estimate of drug-likeness (QED) is 0.861. The minimum absolute atomic E-state index is 0.339. The predicted octanol–water partition coefficient (Wildman–Crippen LogP) is 3.31. The molecule has 2 aromatic rings. The zero-order chi connectivity index (χ0) is 13.6. The molecule has 20 heavy (non-hydrogen) atoms. The third-order valence-electron chi connectivity index (χ3n) is 4.96. The Morgan fingerprint density at radius 3 is 2.75 bits per heavy atom. The van der Waals surface area contributed by atoms with Crippen molar-refractivity contribution in [2.45, 2.75) is 31.1 Å². The summed E-state index contributed by atoms with van der Waals surface area (Å²) in [7, 11) is 0. The van der Waals surface area contributed by atoms with E-state index in [1.54, 1.807) is 6.20 Å². The summed E-state index contributed by atoms with van der Waals surface area (Å²) in [6.45, 7) is 2.30. The Hall–Kier alpha value is -1.19. The summed E-state index contributed by atoms with van der Waals surface area (Å²) >= 11 is 5.99. The molecule has 3 nitrogen and oxygen atoms in total. The maximum absolute atomic E-state index is 5.99. The Bertz CT molecular complexity index is 645. The molecule has 2 aliphatic rings. The molecule has 1 aliphatic carbocycles. The lowest BCUT2D eigenvalue weighted by Gasteiger charge is -2.30. The van der Waals surface area contributed by atoms with Crippen LogP contribution in [0.1, 0.15) is 31.4 Å². The summed E-state index contributed by atoms with van der Waals surface area (Å²) in [5, 5.41) is 5.05. The zero-order valence-electron chi connectivity index (χ0n) is 11.4. The Kier molecular flexibility index (Phi) is 2.93. The average molecular weight is 288 g/mol.